The third-order valence-corrected chi connectivity index (χ3v) is 7.59. The van der Waals surface area contributed by atoms with Crippen LogP contribution in [0.1, 0.15) is 23.2 Å². The summed E-state index contributed by atoms with van der Waals surface area (Å²) in [4.78, 5) is 27.4. The molecule has 0 amide bonds. The summed E-state index contributed by atoms with van der Waals surface area (Å²) < 4.78 is 31.8. The van der Waals surface area contributed by atoms with E-state index >= 15 is 0 Å². The molecule has 35 heavy (non-hydrogen) atoms. The Balaban J connectivity index is 1.77. The number of thioether (sulfide) groups is 1. The number of hydrogen-bond acceptors (Lipinski definition) is 4. The Hall–Kier alpha value is -3.20. The van der Waals surface area contributed by atoms with Crippen molar-refractivity contribution in [2.24, 2.45) is 5.73 Å². The molecule has 2 unspecified atom stereocenters. The Morgan fingerprint density at radius 2 is 1.63 bits per heavy atom. The number of rotatable bonds is 5. The molecule has 0 aliphatic carbocycles. The maximum atomic E-state index is 14.8. The van der Waals surface area contributed by atoms with Gasteiger partial charge in [0, 0.05) is 27.9 Å². The highest BCUT2D eigenvalue weighted by atomic mass is 35.5. The normalized spacial score (nSPS) is 15.7. The molecule has 0 saturated heterocycles. The first kappa shape index (κ1) is 23.5. The second-order valence-corrected chi connectivity index (χ2v) is 9.62. The number of nitrogens with two attached hydrogens (primary N) is 1. The molecule has 5 nitrogen and oxygen atoms in total. The molecule has 9 heteroatoms. The fraction of sp³-hybridized carbons (Fsp3) is 0.154. The molecule has 0 radical (unpaired) electrons. The van der Waals surface area contributed by atoms with Gasteiger partial charge in [-0.1, -0.05) is 66.2 Å². The van der Waals surface area contributed by atoms with E-state index in [2.05, 4.69) is 0 Å². The molecule has 0 bridgehead atoms. The van der Waals surface area contributed by atoms with Crippen LogP contribution in [0.5, 0.6) is 0 Å². The molecule has 2 N–H and O–H groups in total. The SMILES string of the molecule is NC(Cn1c(=O)c(-c2ccccc2Cl)c2n(c1=O)C(c1c(F)cccc1F)CS2)c1ccccc1. The molecule has 1 aliphatic heterocycles. The van der Waals surface area contributed by atoms with Crippen LogP contribution >= 0.6 is 23.4 Å². The minimum atomic E-state index is -0.940. The van der Waals surface area contributed by atoms with Crippen molar-refractivity contribution in [3.63, 3.8) is 0 Å². The van der Waals surface area contributed by atoms with Crippen LogP contribution in [0.25, 0.3) is 11.1 Å². The summed E-state index contributed by atoms with van der Waals surface area (Å²) in [5, 5.41) is 0.649. The Morgan fingerprint density at radius 1 is 0.971 bits per heavy atom. The summed E-state index contributed by atoms with van der Waals surface area (Å²) in [6.07, 6.45) is 0. The van der Waals surface area contributed by atoms with E-state index < -0.39 is 35.0 Å². The smallest absolute Gasteiger partial charge is 0.322 e. The van der Waals surface area contributed by atoms with Crippen molar-refractivity contribution in [1.29, 1.82) is 0 Å². The number of aromatic nitrogens is 2. The highest BCUT2D eigenvalue weighted by molar-refractivity contribution is 7.99. The van der Waals surface area contributed by atoms with E-state index in [0.29, 0.717) is 15.6 Å². The summed E-state index contributed by atoms with van der Waals surface area (Å²) >= 11 is 7.64. The maximum Gasteiger partial charge on any atom is 0.332 e. The van der Waals surface area contributed by atoms with Crippen molar-refractivity contribution >= 4 is 23.4 Å². The quantitative estimate of drug-likeness (QED) is 0.383. The molecule has 5 rings (SSSR count). The average Bonchev–Trinajstić information content (AvgIpc) is 3.28. The van der Waals surface area contributed by atoms with Crippen molar-refractivity contribution in [2.45, 2.75) is 23.7 Å². The number of fused-ring (bicyclic) bond motifs is 1. The second kappa shape index (κ2) is 9.45. The lowest BCUT2D eigenvalue weighted by Gasteiger charge is -2.21. The van der Waals surface area contributed by atoms with Crippen LogP contribution in [0.2, 0.25) is 5.02 Å². The Kier molecular flexibility index (Phi) is 6.35. The summed E-state index contributed by atoms with van der Waals surface area (Å²) in [6.45, 7) is -0.115. The molecule has 2 atom stereocenters. The van der Waals surface area contributed by atoms with Crippen molar-refractivity contribution in [2.75, 3.05) is 5.75 Å². The van der Waals surface area contributed by atoms with Crippen LogP contribution in [0.4, 0.5) is 8.78 Å². The van der Waals surface area contributed by atoms with Gasteiger partial charge in [-0.2, -0.15) is 0 Å². The molecule has 0 saturated carbocycles. The van der Waals surface area contributed by atoms with Crippen LogP contribution in [0.3, 0.4) is 0 Å². The number of hydrogen-bond donors (Lipinski definition) is 1. The number of halogens is 3. The van der Waals surface area contributed by atoms with Gasteiger partial charge in [-0.3, -0.25) is 13.9 Å². The second-order valence-electron chi connectivity index (χ2n) is 8.21. The lowest BCUT2D eigenvalue weighted by molar-refractivity contribution is 0.453. The first-order chi connectivity index (χ1) is 16.9. The van der Waals surface area contributed by atoms with E-state index in [4.69, 9.17) is 17.3 Å². The lowest BCUT2D eigenvalue weighted by Crippen LogP contribution is -2.44. The molecule has 178 valence electrons. The van der Waals surface area contributed by atoms with E-state index in [9.17, 15) is 18.4 Å². The Labute approximate surface area is 208 Å². The summed E-state index contributed by atoms with van der Waals surface area (Å²) in [5.41, 5.74) is 6.31. The molecule has 1 aromatic heterocycles. The minimum absolute atomic E-state index is 0.115. The van der Waals surface area contributed by atoms with Crippen LogP contribution in [0, 0.1) is 11.6 Å². The highest BCUT2D eigenvalue weighted by Crippen LogP contribution is 2.42. The zero-order chi connectivity index (χ0) is 24.7. The highest BCUT2D eigenvalue weighted by Gasteiger charge is 2.35. The molecule has 0 spiro atoms. The van der Waals surface area contributed by atoms with Crippen LogP contribution in [-0.4, -0.2) is 14.9 Å². The van der Waals surface area contributed by atoms with Gasteiger partial charge in [0.15, 0.2) is 0 Å². The Bertz CT molecular complexity index is 1520. The topological polar surface area (TPSA) is 70.0 Å². The first-order valence-corrected chi connectivity index (χ1v) is 12.3. The largest absolute Gasteiger partial charge is 0.332 e. The molecular formula is C26H20ClF2N3O2S. The van der Waals surface area contributed by atoms with Gasteiger partial charge in [-0.05, 0) is 23.8 Å². The average molecular weight is 512 g/mol. The predicted octanol–water partition coefficient (Wildman–Crippen LogP) is 5.00. The van der Waals surface area contributed by atoms with E-state index in [-0.39, 0.29) is 23.4 Å². The maximum absolute atomic E-state index is 14.8. The van der Waals surface area contributed by atoms with Crippen molar-refractivity contribution in [3.8, 4) is 11.1 Å². The Morgan fingerprint density at radius 3 is 2.31 bits per heavy atom. The van der Waals surface area contributed by atoms with Crippen molar-refractivity contribution in [3.05, 3.63) is 121 Å². The van der Waals surface area contributed by atoms with Gasteiger partial charge in [-0.25, -0.2) is 13.6 Å². The zero-order valence-electron chi connectivity index (χ0n) is 18.3. The summed E-state index contributed by atoms with van der Waals surface area (Å²) in [7, 11) is 0. The van der Waals surface area contributed by atoms with Crippen molar-refractivity contribution < 1.29 is 8.78 Å². The van der Waals surface area contributed by atoms with Crippen molar-refractivity contribution in [1.82, 2.24) is 9.13 Å². The fourth-order valence-electron chi connectivity index (χ4n) is 4.40. The van der Waals surface area contributed by atoms with Gasteiger partial charge < -0.3 is 5.73 Å². The first-order valence-electron chi connectivity index (χ1n) is 10.9. The predicted molar refractivity (Wildman–Crippen MR) is 134 cm³/mol. The molecule has 2 heterocycles. The minimum Gasteiger partial charge on any atom is -0.322 e. The van der Waals surface area contributed by atoms with Gasteiger partial charge in [0.05, 0.1) is 23.2 Å². The third-order valence-electron chi connectivity index (χ3n) is 6.10. The lowest BCUT2D eigenvalue weighted by atomic mass is 10.0. The van der Waals surface area contributed by atoms with E-state index in [0.717, 1.165) is 22.3 Å². The van der Waals surface area contributed by atoms with Crippen LogP contribution in [0.15, 0.2) is 87.4 Å². The molecule has 0 fully saturated rings. The van der Waals surface area contributed by atoms with E-state index in [1.165, 1.54) is 22.4 Å². The summed E-state index contributed by atoms with van der Waals surface area (Å²) in [6, 6.07) is 17.9. The van der Waals surface area contributed by atoms with E-state index in [1.54, 1.807) is 24.3 Å². The fourth-order valence-corrected chi connectivity index (χ4v) is 5.95. The molecule has 4 aromatic rings. The summed E-state index contributed by atoms with van der Waals surface area (Å²) in [5.74, 6) is -1.33. The number of nitrogens with zero attached hydrogens (tertiary/aromatic N) is 2. The van der Waals surface area contributed by atoms with Gasteiger partial charge in [-0.15, -0.1) is 11.8 Å². The van der Waals surface area contributed by atoms with Gasteiger partial charge >= 0.3 is 5.69 Å². The molecular weight excluding hydrogens is 492 g/mol. The zero-order valence-corrected chi connectivity index (χ0v) is 19.9. The van der Waals surface area contributed by atoms with E-state index in [1.807, 2.05) is 30.3 Å². The monoisotopic (exact) mass is 511 g/mol. The van der Waals surface area contributed by atoms with Crippen LogP contribution < -0.4 is 17.0 Å². The molecule has 3 aromatic carbocycles. The van der Waals surface area contributed by atoms with Gasteiger partial charge in [0.25, 0.3) is 5.56 Å². The standard InChI is InChI=1S/C26H20ClF2N3O2S/c27-17-10-5-4-9-16(17)22-24(33)31(13-20(30)15-7-2-1-3-8-15)26(34)32-21(14-35-25(22)32)23-18(28)11-6-12-19(23)29/h1-12,20-21H,13-14,30H2. The van der Waals surface area contributed by atoms with Gasteiger partial charge in [0.1, 0.15) is 11.6 Å². The van der Waals surface area contributed by atoms with Crippen LogP contribution in [-0.2, 0) is 6.54 Å². The number of benzene rings is 3. The third kappa shape index (κ3) is 4.11. The van der Waals surface area contributed by atoms with Gasteiger partial charge in [0.2, 0.25) is 0 Å². The molecule has 1 aliphatic rings.